The van der Waals surface area contributed by atoms with Crippen molar-refractivity contribution in [3.63, 3.8) is 0 Å². The van der Waals surface area contributed by atoms with E-state index in [1.807, 2.05) is 71.5 Å². The number of nitrogens with zero attached hydrogens (tertiary/aromatic N) is 3. The van der Waals surface area contributed by atoms with Gasteiger partial charge in [-0.05, 0) is 24.6 Å². The third kappa shape index (κ3) is 3.23. The smallest absolute Gasteiger partial charge is 0.240 e. The molecule has 1 N–H and O–H groups in total. The maximum absolute atomic E-state index is 12.7. The molecule has 0 radical (unpaired) electrons. The van der Waals surface area contributed by atoms with Crippen LogP contribution in [0.2, 0.25) is 0 Å². The molecule has 2 aromatic carbocycles. The summed E-state index contributed by atoms with van der Waals surface area (Å²) in [4.78, 5) is 21.7. The maximum Gasteiger partial charge on any atom is 0.240 e. The number of thiazole rings is 1. The number of hydrogen-bond acceptors (Lipinski definition) is 4. The van der Waals surface area contributed by atoms with E-state index in [4.69, 9.17) is 0 Å². The van der Waals surface area contributed by atoms with Crippen LogP contribution in [0.5, 0.6) is 0 Å². The number of nitrogens with one attached hydrogen (secondary N) is 1. The molecular formula is C20H18N4OS. The summed E-state index contributed by atoms with van der Waals surface area (Å²) in [6.07, 6.45) is 0. The highest BCUT2D eigenvalue weighted by Crippen LogP contribution is 2.24. The molecule has 4 aromatic rings. The molecular weight excluding hydrogens is 344 g/mol. The third-order valence-electron chi connectivity index (χ3n) is 4.29. The summed E-state index contributed by atoms with van der Waals surface area (Å²) >= 11 is 1.51. The topological polar surface area (TPSA) is 59.8 Å². The number of amides is 1. The lowest BCUT2D eigenvalue weighted by Crippen LogP contribution is -2.30. The molecule has 0 fully saturated rings. The molecule has 5 nitrogen and oxygen atoms in total. The van der Waals surface area contributed by atoms with Gasteiger partial charge in [0.25, 0.3) is 0 Å². The van der Waals surface area contributed by atoms with Gasteiger partial charge in [-0.15, -0.1) is 11.3 Å². The molecule has 1 atom stereocenters. The second-order valence-electron chi connectivity index (χ2n) is 6.08. The van der Waals surface area contributed by atoms with Crippen molar-refractivity contribution in [2.45, 2.75) is 19.5 Å². The molecule has 6 heteroatoms. The Bertz CT molecular complexity index is 1020. The highest BCUT2D eigenvalue weighted by atomic mass is 32.1. The van der Waals surface area contributed by atoms with Gasteiger partial charge >= 0.3 is 0 Å². The van der Waals surface area contributed by atoms with Crippen LogP contribution in [0.3, 0.4) is 0 Å². The van der Waals surface area contributed by atoms with E-state index in [1.54, 1.807) is 5.51 Å². The summed E-state index contributed by atoms with van der Waals surface area (Å²) in [6, 6.07) is 17.7. The Kier molecular flexibility index (Phi) is 4.50. The number of rotatable bonds is 5. The average molecular weight is 362 g/mol. The number of carbonyl (C=O) groups is 1. The Hall–Kier alpha value is -2.99. The number of benzene rings is 2. The van der Waals surface area contributed by atoms with E-state index in [0.717, 1.165) is 28.1 Å². The summed E-state index contributed by atoms with van der Waals surface area (Å²) < 4.78 is 1.93. The van der Waals surface area contributed by atoms with Crippen molar-refractivity contribution < 1.29 is 4.79 Å². The number of imidazole rings is 1. The zero-order valence-corrected chi connectivity index (χ0v) is 15.1. The minimum atomic E-state index is -0.0546. The van der Waals surface area contributed by atoms with Gasteiger partial charge in [0.15, 0.2) is 5.82 Å². The van der Waals surface area contributed by atoms with Crippen LogP contribution in [0.15, 0.2) is 65.5 Å². The predicted octanol–water partition coefficient (Wildman–Crippen LogP) is 4.04. The second kappa shape index (κ2) is 7.09. The average Bonchev–Trinajstić information content (AvgIpc) is 3.31. The fraction of sp³-hybridized carbons (Fsp3) is 0.150. The van der Waals surface area contributed by atoms with Crippen molar-refractivity contribution in [2.75, 3.05) is 0 Å². The fourth-order valence-corrected chi connectivity index (χ4v) is 3.54. The molecule has 4 rings (SSSR count). The van der Waals surface area contributed by atoms with E-state index >= 15 is 0 Å². The highest BCUT2D eigenvalue weighted by molar-refractivity contribution is 7.07. The minimum Gasteiger partial charge on any atom is -0.348 e. The minimum absolute atomic E-state index is 0.0544. The van der Waals surface area contributed by atoms with Crippen molar-refractivity contribution >= 4 is 28.3 Å². The van der Waals surface area contributed by atoms with Crippen LogP contribution in [0.4, 0.5) is 0 Å². The molecule has 0 saturated heterocycles. The number of carbonyl (C=O) groups excluding carboxylic acids is 1. The summed E-state index contributed by atoms with van der Waals surface area (Å²) in [5.41, 5.74) is 5.43. The molecule has 1 amide bonds. The lowest BCUT2D eigenvalue weighted by atomic mass is 10.1. The largest absolute Gasteiger partial charge is 0.348 e. The van der Waals surface area contributed by atoms with Crippen LogP contribution in [0.25, 0.3) is 22.6 Å². The van der Waals surface area contributed by atoms with Gasteiger partial charge in [0.1, 0.15) is 12.2 Å². The van der Waals surface area contributed by atoms with Crippen LogP contribution in [0.1, 0.15) is 18.5 Å². The highest BCUT2D eigenvalue weighted by Gasteiger charge is 2.17. The maximum atomic E-state index is 12.7. The van der Waals surface area contributed by atoms with E-state index < -0.39 is 0 Å². The SMILES string of the molecule is C[C@H](NC(=O)Cn1c(-c2cscn2)nc2ccccc21)c1ccccc1. The zero-order valence-electron chi connectivity index (χ0n) is 14.3. The van der Waals surface area contributed by atoms with E-state index in [9.17, 15) is 4.79 Å². The molecule has 0 spiro atoms. The van der Waals surface area contributed by atoms with Gasteiger partial charge in [-0.2, -0.15) is 0 Å². The molecule has 0 saturated carbocycles. The molecule has 130 valence electrons. The van der Waals surface area contributed by atoms with Crippen molar-refractivity contribution in [3.8, 4) is 11.5 Å². The zero-order chi connectivity index (χ0) is 17.9. The van der Waals surface area contributed by atoms with Crippen molar-refractivity contribution in [2.24, 2.45) is 0 Å². The molecule has 0 unspecified atom stereocenters. The van der Waals surface area contributed by atoms with Gasteiger partial charge in [0, 0.05) is 5.38 Å². The number of para-hydroxylation sites is 2. The van der Waals surface area contributed by atoms with Gasteiger partial charge in [0.05, 0.1) is 22.6 Å². The molecule has 26 heavy (non-hydrogen) atoms. The first-order valence-electron chi connectivity index (χ1n) is 8.40. The summed E-state index contributed by atoms with van der Waals surface area (Å²) in [5.74, 6) is 0.663. The quantitative estimate of drug-likeness (QED) is 0.583. The molecule has 2 aromatic heterocycles. The number of aromatic nitrogens is 3. The van der Waals surface area contributed by atoms with Gasteiger partial charge < -0.3 is 9.88 Å². The Labute approximate surface area is 155 Å². The second-order valence-corrected chi connectivity index (χ2v) is 6.80. The van der Waals surface area contributed by atoms with Gasteiger partial charge in [0.2, 0.25) is 5.91 Å². The first-order valence-corrected chi connectivity index (χ1v) is 9.35. The van der Waals surface area contributed by atoms with Crippen LogP contribution in [-0.4, -0.2) is 20.4 Å². The van der Waals surface area contributed by atoms with Gasteiger partial charge in [-0.3, -0.25) is 4.79 Å². The molecule has 2 heterocycles. The Morgan fingerprint density at radius 1 is 1.15 bits per heavy atom. The summed E-state index contributed by atoms with van der Waals surface area (Å²) in [5, 5.41) is 5.01. The van der Waals surface area contributed by atoms with Crippen LogP contribution >= 0.6 is 11.3 Å². The Balaban J connectivity index is 1.62. The van der Waals surface area contributed by atoms with E-state index in [0.29, 0.717) is 0 Å². The Morgan fingerprint density at radius 2 is 1.92 bits per heavy atom. The predicted molar refractivity (Wildman–Crippen MR) is 104 cm³/mol. The molecule has 0 bridgehead atoms. The lowest BCUT2D eigenvalue weighted by molar-refractivity contribution is -0.122. The van der Waals surface area contributed by atoms with Crippen LogP contribution in [0, 0.1) is 0 Å². The molecule has 0 aliphatic carbocycles. The number of fused-ring (bicyclic) bond motifs is 1. The van der Waals surface area contributed by atoms with Crippen molar-refractivity contribution in [1.29, 1.82) is 0 Å². The Morgan fingerprint density at radius 3 is 2.69 bits per heavy atom. The normalized spacial score (nSPS) is 12.2. The van der Waals surface area contributed by atoms with Crippen molar-refractivity contribution in [3.05, 3.63) is 71.1 Å². The number of hydrogen-bond donors (Lipinski definition) is 1. The first-order chi connectivity index (χ1) is 12.7. The summed E-state index contributed by atoms with van der Waals surface area (Å²) in [7, 11) is 0. The van der Waals surface area contributed by atoms with Crippen molar-refractivity contribution in [1.82, 2.24) is 19.9 Å². The standard InChI is InChI=1S/C20H18N4OS/c1-14(15-7-3-2-4-8-15)22-19(25)11-24-18-10-6-5-9-16(18)23-20(24)17-12-26-13-21-17/h2-10,12-14H,11H2,1H3,(H,22,25)/t14-/m0/s1. The van der Waals surface area contributed by atoms with E-state index in [2.05, 4.69) is 15.3 Å². The monoisotopic (exact) mass is 362 g/mol. The van der Waals surface area contributed by atoms with E-state index in [-0.39, 0.29) is 18.5 Å². The molecule has 0 aliphatic rings. The lowest BCUT2D eigenvalue weighted by Gasteiger charge is -2.15. The van der Waals surface area contributed by atoms with E-state index in [1.165, 1.54) is 11.3 Å². The molecule has 0 aliphatic heterocycles. The van der Waals surface area contributed by atoms with Gasteiger partial charge in [-0.1, -0.05) is 42.5 Å². The fourth-order valence-electron chi connectivity index (χ4n) is 3.01. The van der Waals surface area contributed by atoms with Crippen LogP contribution < -0.4 is 5.32 Å². The van der Waals surface area contributed by atoms with Gasteiger partial charge in [-0.25, -0.2) is 9.97 Å². The third-order valence-corrected chi connectivity index (χ3v) is 4.88. The summed E-state index contributed by atoms with van der Waals surface area (Å²) in [6.45, 7) is 2.19. The first kappa shape index (κ1) is 16.5. The van der Waals surface area contributed by atoms with Crippen LogP contribution in [-0.2, 0) is 11.3 Å².